The van der Waals surface area contributed by atoms with Crippen LogP contribution in [0.15, 0.2) is 29.3 Å². The van der Waals surface area contributed by atoms with E-state index in [9.17, 15) is 34.5 Å². The fourth-order valence-electron chi connectivity index (χ4n) is 3.26. The zero-order valence-corrected chi connectivity index (χ0v) is 20.9. The molecule has 3 amide bonds. The molecule has 14 heteroatoms. The number of aliphatic hydroxyl groups is 1. The van der Waals surface area contributed by atoms with E-state index in [4.69, 9.17) is 17.2 Å². The van der Waals surface area contributed by atoms with E-state index in [1.54, 1.807) is 26.0 Å². The van der Waals surface area contributed by atoms with Crippen molar-refractivity contribution in [1.29, 1.82) is 0 Å². The van der Waals surface area contributed by atoms with Crippen LogP contribution in [0.25, 0.3) is 0 Å². The lowest BCUT2D eigenvalue weighted by atomic mass is 10.0. The molecule has 4 unspecified atom stereocenters. The summed E-state index contributed by atoms with van der Waals surface area (Å²) >= 11 is 0. The number of aliphatic hydroxyl groups excluding tert-OH is 1. The molecule has 0 fully saturated rings. The molecule has 0 saturated heterocycles. The Morgan fingerprint density at radius 1 is 0.946 bits per heavy atom. The summed E-state index contributed by atoms with van der Waals surface area (Å²) in [5.41, 5.74) is 17.1. The fourth-order valence-corrected chi connectivity index (χ4v) is 3.26. The first-order valence-electron chi connectivity index (χ1n) is 11.7. The second kappa shape index (κ2) is 15.3. The summed E-state index contributed by atoms with van der Waals surface area (Å²) in [6.07, 6.45) is 0.421. The predicted octanol–water partition coefficient (Wildman–Crippen LogP) is -2.50. The van der Waals surface area contributed by atoms with Gasteiger partial charge in [0.1, 0.15) is 23.9 Å². The van der Waals surface area contributed by atoms with Gasteiger partial charge in [0, 0.05) is 6.54 Å². The molecule has 0 aliphatic carbocycles. The molecule has 0 aliphatic rings. The third kappa shape index (κ3) is 11.1. The van der Waals surface area contributed by atoms with Gasteiger partial charge in [0.25, 0.3) is 0 Å². The Bertz CT molecular complexity index is 949. The van der Waals surface area contributed by atoms with Crippen molar-refractivity contribution in [2.75, 3.05) is 13.2 Å². The number of carbonyl (C=O) groups is 4. The van der Waals surface area contributed by atoms with Crippen molar-refractivity contribution in [2.24, 2.45) is 28.1 Å². The van der Waals surface area contributed by atoms with Crippen molar-refractivity contribution in [3.63, 3.8) is 0 Å². The minimum atomic E-state index is -1.46. The molecule has 0 bridgehead atoms. The van der Waals surface area contributed by atoms with Crippen LogP contribution in [0, 0.1) is 5.92 Å². The summed E-state index contributed by atoms with van der Waals surface area (Å²) < 4.78 is 0. The van der Waals surface area contributed by atoms with Gasteiger partial charge in [-0.25, -0.2) is 4.79 Å². The number of nitrogens with one attached hydrogen (secondary N) is 3. The van der Waals surface area contributed by atoms with Gasteiger partial charge in [-0.3, -0.25) is 19.4 Å². The molecular weight excluding hydrogens is 486 g/mol. The molecule has 0 spiro atoms. The van der Waals surface area contributed by atoms with Crippen LogP contribution in [0.5, 0.6) is 5.75 Å². The zero-order valence-electron chi connectivity index (χ0n) is 20.9. The number of nitrogens with two attached hydrogens (primary N) is 3. The number of rotatable bonds is 15. The number of carbonyl (C=O) groups excluding carboxylic acids is 3. The largest absolute Gasteiger partial charge is 0.508 e. The van der Waals surface area contributed by atoms with E-state index in [1.165, 1.54) is 12.1 Å². The van der Waals surface area contributed by atoms with Crippen LogP contribution in [0.3, 0.4) is 0 Å². The van der Waals surface area contributed by atoms with Crippen molar-refractivity contribution in [3.05, 3.63) is 29.8 Å². The maximum Gasteiger partial charge on any atom is 0.326 e. The second-order valence-electron chi connectivity index (χ2n) is 8.80. The van der Waals surface area contributed by atoms with Gasteiger partial charge in [-0.05, 0) is 42.9 Å². The highest BCUT2D eigenvalue weighted by atomic mass is 16.4. The Labute approximate surface area is 214 Å². The van der Waals surface area contributed by atoms with E-state index < -0.39 is 60.4 Å². The van der Waals surface area contributed by atoms with Crippen LogP contribution >= 0.6 is 0 Å². The van der Waals surface area contributed by atoms with Gasteiger partial charge in [0.15, 0.2) is 5.96 Å². The van der Waals surface area contributed by atoms with Crippen LogP contribution in [0.4, 0.5) is 0 Å². The lowest BCUT2D eigenvalue weighted by molar-refractivity contribution is -0.142. The van der Waals surface area contributed by atoms with Gasteiger partial charge in [0.05, 0.1) is 12.6 Å². The molecule has 1 rings (SSSR count). The van der Waals surface area contributed by atoms with E-state index >= 15 is 0 Å². The number of aromatic hydroxyl groups is 1. The van der Waals surface area contributed by atoms with Gasteiger partial charge >= 0.3 is 5.97 Å². The molecule has 1 aromatic carbocycles. The summed E-state index contributed by atoms with van der Waals surface area (Å²) in [5, 5.41) is 35.6. The van der Waals surface area contributed by atoms with Gasteiger partial charge in [-0.1, -0.05) is 26.0 Å². The number of carboxylic acid groups (broad SMARTS) is 1. The highest BCUT2D eigenvalue weighted by Gasteiger charge is 2.31. The summed E-state index contributed by atoms with van der Waals surface area (Å²) in [5.74, 6) is -4.07. The summed E-state index contributed by atoms with van der Waals surface area (Å²) in [6, 6.07) is 1.31. The predicted molar refractivity (Wildman–Crippen MR) is 135 cm³/mol. The fraction of sp³-hybridized carbons (Fsp3) is 0.522. The molecule has 0 aromatic heterocycles. The van der Waals surface area contributed by atoms with E-state index in [0.717, 1.165) is 0 Å². The van der Waals surface area contributed by atoms with Crippen LogP contribution in [0.2, 0.25) is 0 Å². The van der Waals surface area contributed by atoms with Gasteiger partial charge in [-0.2, -0.15) is 0 Å². The first kappa shape index (κ1) is 31.1. The van der Waals surface area contributed by atoms with Crippen LogP contribution in [-0.2, 0) is 25.6 Å². The number of nitrogens with zero attached hydrogens (tertiary/aromatic N) is 1. The molecule has 206 valence electrons. The van der Waals surface area contributed by atoms with Crippen LogP contribution < -0.4 is 33.2 Å². The lowest BCUT2D eigenvalue weighted by Crippen LogP contribution is -2.59. The maximum absolute atomic E-state index is 12.9. The van der Waals surface area contributed by atoms with E-state index in [2.05, 4.69) is 20.9 Å². The summed E-state index contributed by atoms with van der Waals surface area (Å²) in [4.78, 5) is 53.3. The molecule has 0 saturated carbocycles. The van der Waals surface area contributed by atoms with Crippen molar-refractivity contribution < 1.29 is 34.5 Å². The molecule has 12 N–H and O–H groups in total. The first-order valence-corrected chi connectivity index (χ1v) is 11.7. The van der Waals surface area contributed by atoms with Crippen LogP contribution in [0.1, 0.15) is 32.3 Å². The second-order valence-corrected chi connectivity index (χ2v) is 8.80. The monoisotopic (exact) mass is 523 g/mol. The Balaban J connectivity index is 2.77. The Morgan fingerprint density at radius 2 is 1.54 bits per heavy atom. The minimum absolute atomic E-state index is 0.00748. The number of benzene rings is 1. The normalized spacial score (nSPS) is 14.1. The van der Waals surface area contributed by atoms with E-state index in [-0.39, 0.29) is 37.5 Å². The molecular formula is C23H37N7O7. The molecule has 0 heterocycles. The smallest absolute Gasteiger partial charge is 0.326 e. The SMILES string of the molecule is CC(C)C(NC(=O)C(N)Cc1ccc(O)cc1)C(=O)NC(CO)C(=O)NC(CCCN=C(N)N)C(=O)O. The quantitative estimate of drug-likeness (QED) is 0.0663. The number of hydrogen-bond donors (Lipinski definition) is 9. The number of amides is 3. The highest BCUT2D eigenvalue weighted by molar-refractivity contribution is 5.94. The number of phenols is 1. The molecule has 0 radical (unpaired) electrons. The van der Waals surface area contributed by atoms with Gasteiger partial charge in [0.2, 0.25) is 17.7 Å². The van der Waals surface area contributed by atoms with Crippen LogP contribution in [-0.4, -0.2) is 82.3 Å². The van der Waals surface area contributed by atoms with Crippen molar-refractivity contribution in [3.8, 4) is 5.75 Å². The topological polar surface area (TPSA) is 255 Å². The van der Waals surface area contributed by atoms with Gasteiger partial charge < -0.3 is 48.5 Å². The Hall–Kier alpha value is -3.91. The maximum atomic E-state index is 12.9. The molecule has 0 aliphatic heterocycles. The van der Waals surface area contributed by atoms with E-state index in [1.807, 2.05) is 0 Å². The molecule has 4 atom stereocenters. The standard InChI is InChI=1S/C23H37N7O7/c1-12(2)18(30-19(33)15(24)10-13-5-7-14(32)8-6-13)21(35)29-17(11-31)20(34)28-16(22(36)37)4-3-9-27-23(25)26/h5-8,12,15-18,31-32H,3-4,9-11,24H2,1-2H3,(H,28,34)(H,29,35)(H,30,33)(H,36,37)(H4,25,26,27). The number of aliphatic carboxylic acids is 1. The summed E-state index contributed by atoms with van der Waals surface area (Å²) in [7, 11) is 0. The number of guanidine groups is 1. The van der Waals surface area contributed by atoms with Crippen molar-refractivity contribution >= 4 is 29.7 Å². The van der Waals surface area contributed by atoms with Crippen molar-refractivity contribution in [1.82, 2.24) is 16.0 Å². The third-order valence-corrected chi connectivity index (χ3v) is 5.35. The summed E-state index contributed by atoms with van der Waals surface area (Å²) in [6.45, 7) is 2.69. The zero-order chi connectivity index (χ0) is 28.1. The average molecular weight is 524 g/mol. The van der Waals surface area contributed by atoms with E-state index in [0.29, 0.717) is 5.56 Å². The number of aliphatic imine (C=N–C) groups is 1. The average Bonchev–Trinajstić information content (AvgIpc) is 2.83. The number of carboxylic acids is 1. The number of hydrogen-bond acceptors (Lipinski definition) is 8. The highest BCUT2D eigenvalue weighted by Crippen LogP contribution is 2.11. The van der Waals surface area contributed by atoms with Gasteiger partial charge in [-0.15, -0.1) is 0 Å². The molecule has 37 heavy (non-hydrogen) atoms. The Morgan fingerprint density at radius 3 is 2.05 bits per heavy atom. The first-order chi connectivity index (χ1) is 17.3. The van der Waals surface area contributed by atoms with Crippen molar-refractivity contribution in [2.45, 2.75) is 57.3 Å². The molecule has 14 nitrogen and oxygen atoms in total. The Kier molecular flexibility index (Phi) is 12.8. The lowest BCUT2D eigenvalue weighted by Gasteiger charge is -2.26. The number of phenolic OH excluding ortho intramolecular Hbond substituents is 1. The minimum Gasteiger partial charge on any atom is -0.508 e. The molecule has 1 aromatic rings. The third-order valence-electron chi connectivity index (χ3n) is 5.35.